The highest BCUT2D eigenvalue weighted by molar-refractivity contribution is 6.31. The van der Waals surface area contributed by atoms with E-state index >= 15 is 0 Å². The summed E-state index contributed by atoms with van der Waals surface area (Å²) in [6.45, 7) is 1.73. The molecule has 2 N–H and O–H groups in total. The molecule has 0 aliphatic heterocycles. The van der Waals surface area contributed by atoms with Gasteiger partial charge in [0.2, 0.25) is 5.91 Å². The molecular weight excluding hydrogens is 512 g/mol. The molecule has 12 heteroatoms. The van der Waals surface area contributed by atoms with Crippen LogP contribution in [0, 0.1) is 18.8 Å². The van der Waals surface area contributed by atoms with Gasteiger partial charge in [-0.15, -0.1) is 0 Å². The molecule has 4 rings (SSSR count). The fourth-order valence-electron chi connectivity index (χ4n) is 3.81. The molecule has 0 unspecified atom stereocenters. The first-order valence-electron chi connectivity index (χ1n) is 11.1. The van der Waals surface area contributed by atoms with Crippen LogP contribution in [0.5, 0.6) is 0 Å². The average molecular weight is 534 g/mol. The lowest BCUT2D eigenvalue weighted by Crippen LogP contribution is -2.18. The molecule has 37 heavy (non-hydrogen) atoms. The maximum absolute atomic E-state index is 13.8. The van der Waals surface area contributed by atoms with Crippen molar-refractivity contribution in [3.8, 4) is 11.3 Å². The number of nitrogens with zero attached hydrogens (tertiary/aromatic N) is 1. The number of aryl methyl sites for hydroxylation is 1. The van der Waals surface area contributed by atoms with Crippen molar-refractivity contribution in [2.24, 2.45) is 11.8 Å². The Balaban J connectivity index is 1.37. The van der Waals surface area contributed by atoms with E-state index in [1.54, 1.807) is 25.1 Å². The second kappa shape index (κ2) is 10.6. The number of benzene rings is 2. The monoisotopic (exact) mass is 533 g/mol. The topological polar surface area (TPSA) is 120 Å². The van der Waals surface area contributed by atoms with Crippen molar-refractivity contribution in [3.05, 3.63) is 64.8 Å². The summed E-state index contributed by atoms with van der Waals surface area (Å²) in [4.78, 5) is 36.1. The van der Waals surface area contributed by atoms with Crippen LogP contribution < -0.4 is 10.6 Å². The maximum atomic E-state index is 13.8. The lowest BCUT2D eigenvalue weighted by Gasteiger charge is -2.09. The summed E-state index contributed by atoms with van der Waals surface area (Å²) in [5.41, 5.74) is 2.26. The maximum Gasteiger partial charge on any atom is 0.411 e. The number of anilines is 2. The summed E-state index contributed by atoms with van der Waals surface area (Å²) in [5.74, 6) is -8.95. The van der Waals surface area contributed by atoms with Gasteiger partial charge in [-0.3, -0.25) is 14.9 Å². The number of nitrogens with one attached hydrogen (secondary N) is 2. The van der Waals surface area contributed by atoms with Gasteiger partial charge in [-0.1, -0.05) is 35.0 Å². The van der Waals surface area contributed by atoms with E-state index in [4.69, 9.17) is 20.9 Å². The second-order valence-electron chi connectivity index (χ2n) is 8.29. The Bertz CT molecular complexity index is 1330. The van der Waals surface area contributed by atoms with Crippen molar-refractivity contribution in [1.29, 1.82) is 0 Å². The number of hydrogen-bond donors (Lipinski definition) is 2. The minimum atomic E-state index is -3.46. The van der Waals surface area contributed by atoms with Crippen LogP contribution in [0.4, 0.5) is 25.0 Å². The smallest absolute Gasteiger partial charge is 0.411 e. The first-order chi connectivity index (χ1) is 17.6. The molecule has 1 heterocycles. The van der Waals surface area contributed by atoms with E-state index in [-0.39, 0.29) is 23.7 Å². The number of methoxy groups -OCH3 is 1. The molecule has 1 aliphatic carbocycles. The summed E-state index contributed by atoms with van der Waals surface area (Å²) in [5, 5.41) is 9.44. The minimum Gasteiger partial charge on any atom is -0.469 e. The van der Waals surface area contributed by atoms with E-state index in [2.05, 4.69) is 20.5 Å². The standard InChI is InChI=1S/C25H22ClF2N3O6/c1-13-20(30-24(34)36-12-11-14-5-3-4-6-17(14)26)21(37-31-13)15-7-9-16(10-8-15)29-22(32)18-19(23(33)35-2)25(18,27)28/h3-10,18-19H,11-12H2,1-2H3,(H,29,32)(H,30,34)/t18-,19-/m1/s1. The van der Waals surface area contributed by atoms with E-state index in [9.17, 15) is 23.2 Å². The Morgan fingerprint density at radius 1 is 1.08 bits per heavy atom. The molecule has 2 aromatic carbocycles. The zero-order valence-electron chi connectivity index (χ0n) is 19.7. The van der Waals surface area contributed by atoms with Gasteiger partial charge < -0.3 is 19.3 Å². The summed E-state index contributed by atoms with van der Waals surface area (Å²) in [7, 11) is 0.985. The van der Waals surface area contributed by atoms with Crippen LogP contribution in [-0.4, -0.2) is 42.8 Å². The Hall–Kier alpha value is -3.99. The summed E-state index contributed by atoms with van der Waals surface area (Å²) in [6.07, 6.45) is -0.280. The van der Waals surface area contributed by atoms with Gasteiger partial charge in [0, 0.05) is 22.7 Å². The lowest BCUT2D eigenvalue weighted by molar-refractivity contribution is -0.144. The van der Waals surface area contributed by atoms with Crippen molar-refractivity contribution < 1.29 is 37.2 Å². The predicted octanol–water partition coefficient (Wildman–Crippen LogP) is 5.09. The molecule has 2 atom stereocenters. The Labute approximate surface area is 215 Å². The second-order valence-corrected chi connectivity index (χ2v) is 8.70. The molecule has 1 fully saturated rings. The van der Waals surface area contributed by atoms with Crippen molar-refractivity contribution in [2.45, 2.75) is 19.3 Å². The summed E-state index contributed by atoms with van der Waals surface area (Å²) >= 11 is 6.11. The molecule has 0 bridgehead atoms. The van der Waals surface area contributed by atoms with Crippen LogP contribution in [-0.2, 0) is 25.5 Å². The predicted molar refractivity (Wildman–Crippen MR) is 129 cm³/mol. The fourth-order valence-corrected chi connectivity index (χ4v) is 4.04. The molecule has 3 aromatic rings. The van der Waals surface area contributed by atoms with Crippen LogP contribution in [0.3, 0.4) is 0 Å². The van der Waals surface area contributed by atoms with Crippen molar-refractivity contribution in [2.75, 3.05) is 24.4 Å². The number of esters is 1. The third-order valence-corrected chi connectivity index (χ3v) is 6.23. The van der Waals surface area contributed by atoms with E-state index < -0.39 is 35.7 Å². The highest BCUT2D eigenvalue weighted by Crippen LogP contribution is 2.56. The van der Waals surface area contributed by atoms with Gasteiger partial charge >= 0.3 is 12.1 Å². The summed E-state index contributed by atoms with van der Waals surface area (Å²) in [6, 6.07) is 13.3. The van der Waals surface area contributed by atoms with Gasteiger partial charge in [0.25, 0.3) is 5.92 Å². The minimum absolute atomic E-state index is 0.0977. The highest BCUT2D eigenvalue weighted by atomic mass is 35.5. The zero-order chi connectivity index (χ0) is 26.7. The molecule has 1 saturated carbocycles. The molecule has 0 radical (unpaired) electrons. The largest absolute Gasteiger partial charge is 0.469 e. The SMILES string of the molecule is COC(=O)[C@H]1[C@H](C(=O)Nc2ccc(-c3onc(C)c3NC(=O)OCCc3ccccc3Cl)cc2)C1(F)F. The number of ether oxygens (including phenoxy) is 2. The van der Waals surface area contributed by atoms with E-state index in [1.807, 2.05) is 18.2 Å². The number of alkyl halides is 2. The number of carbonyl (C=O) groups excluding carboxylic acids is 3. The first kappa shape index (κ1) is 26.1. The average Bonchev–Trinajstić information content (AvgIpc) is 3.29. The Kier molecular flexibility index (Phi) is 7.44. The Morgan fingerprint density at radius 3 is 2.46 bits per heavy atom. The fraction of sp³-hybridized carbons (Fsp3) is 0.280. The molecule has 1 aliphatic rings. The number of amides is 2. The Morgan fingerprint density at radius 2 is 1.78 bits per heavy atom. The van der Waals surface area contributed by atoms with E-state index in [1.165, 1.54) is 12.1 Å². The quantitative estimate of drug-likeness (QED) is 0.387. The summed E-state index contributed by atoms with van der Waals surface area (Å²) < 4.78 is 42.6. The number of aromatic nitrogens is 1. The zero-order valence-corrected chi connectivity index (χ0v) is 20.5. The van der Waals surface area contributed by atoms with Crippen LogP contribution in [0.2, 0.25) is 5.02 Å². The molecular formula is C25H22ClF2N3O6. The highest BCUT2D eigenvalue weighted by Gasteiger charge is 2.76. The molecule has 2 amide bonds. The van der Waals surface area contributed by atoms with Crippen LogP contribution in [0.15, 0.2) is 53.1 Å². The number of rotatable bonds is 8. The van der Waals surface area contributed by atoms with E-state index in [0.29, 0.717) is 22.7 Å². The van der Waals surface area contributed by atoms with Crippen molar-refractivity contribution in [3.63, 3.8) is 0 Å². The van der Waals surface area contributed by atoms with E-state index in [0.717, 1.165) is 12.7 Å². The van der Waals surface area contributed by atoms with Gasteiger partial charge in [0.1, 0.15) is 23.2 Å². The van der Waals surface area contributed by atoms with Gasteiger partial charge in [-0.05, 0) is 42.8 Å². The van der Waals surface area contributed by atoms with Crippen molar-refractivity contribution >= 4 is 40.9 Å². The van der Waals surface area contributed by atoms with Gasteiger partial charge in [0.15, 0.2) is 5.76 Å². The first-order valence-corrected chi connectivity index (χ1v) is 11.5. The third kappa shape index (κ3) is 5.56. The molecule has 0 saturated heterocycles. The normalized spacial score (nSPS) is 17.5. The lowest BCUT2D eigenvalue weighted by atomic mass is 10.1. The molecule has 1 aromatic heterocycles. The van der Waals surface area contributed by atoms with Gasteiger partial charge in [0.05, 0.1) is 13.7 Å². The molecule has 194 valence electrons. The van der Waals surface area contributed by atoms with Crippen LogP contribution in [0.25, 0.3) is 11.3 Å². The number of carbonyl (C=O) groups is 3. The van der Waals surface area contributed by atoms with Crippen molar-refractivity contribution in [1.82, 2.24) is 5.16 Å². The molecule has 0 spiro atoms. The molecule has 9 nitrogen and oxygen atoms in total. The van der Waals surface area contributed by atoms with Crippen LogP contribution in [0.1, 0.15) is 11.3 Å². The number of halogens is 3. The number of hydrogen-bond acceptors (Lipinski definition) is 7. The third-order valence-electron chi connectivity index (χ3n) is 5.86. The van der Waals surface area contributed by atoms with Gasteiger partial charge in [-0.2, -0.15) is 0 Å². The van der Waals surface area contributed by atoms with Gasteiger partial charge in [-0.25, -0.2) is 13.6 Å². The van der Waals surface area contributed by atoms with Crippen LogP contribution >= 0.6 is 11.6 Å².